The number of benzene rings is 1. The second-order valence-electron chi connectivity index (χ2n) is 9.73. The topological polar surface area (TPSA) is 97.1 Å². The second kappa shape index (κ2) is 12.1. The lowest BCUT2D eigenvalue weighted by Crippen LogP contribution is -2.49. The van der Waals surface area contributed by atoms with Crippen molar-refractivity contribution in [2.24, 2.45) is 11.8 Å². The lowest BCUT2D eigenvalue weighted by atomic mass is 9.95. The van der Waals surface area contributed by atoms with Crippen molar-refractivity contribution in [1.82, 2.24) is 15.1 Å². The molecule has 1 saturated carbocycles. The third-order valence-electron chi connectivity index (χ3n) is 6.93. The number of amides is 2. The number of hydrogen-bond donors (Lipinski definition) is 2. The number of morpholine rings is 1. The molecule has 2 saturated heterocycles. The van der Waals surface area contributed by atoms with Crippen molar-refractivity contribution in [3.05, 3.63) is 34.9 Å². The first kappa shape index (κ1) is 25.8. The van der Waals surface area contributed by atoms with Crippen molar-refractivity contribution < 1.29 is 19.1 Å². The van der Waals surface area contributed by atoms with Gasteiger partial charge in [-0.1, -0.05) is 17.7 Å². The van der Waals surface area contributed by atoms with Crippen molar-refractivity contribution in [3.8, 4) is 5.75 Å². The summed E-state index contributed by atoms with van der Waals surface area (Å²) in [4.78, 5) is 29.6. The molecule has 3 fully saturated rings. The number of nitrogens with zero attached hydrogens (tertiary/aromatic N) is 2. The fourth-order valence-electron chi connectivity index (χ4n) is 4.71. The minimum atomic E-state index is -0.260. The van der Waals surface area contributed by atoms with Crippen molar-refractivity contribution >= 4 is 29.1 Å². The van der Waals surface area contributed by atoms with Crippen LogP contribution in [0.4, 0.5) is 5.69 Å². The Morgan fingerprint density at radius 3 is 2.71 bits per heavy atom. The van der Waals surface area contributed by atoms with E-state index < -0.39 is 0 Å². The van der Waals surface area contributed by atoms with Gasteiger partial charge in [-0.25, -0.2) is 0 Å². The number of anilines is 1. The van der Waals surface area contributed by atoms with Gasteiger partial charge in [-0.15, -0.1) is 0 Å². The Hall–Kier alpha value is -2.29. The summed E-state index contributed by atoms with van der Waals surface area (Å²) >= 11 is 6.13. The van der Waals surface area contributed by atoms with E-state index in [0.29, 0.717) is 53.6 Å². The third kappa shape index (κ3) is 7.35. The number of carbonyl (C=O) groups excluding carboxylic acids is 2. The lowest BCUT2D eigenvalue weighted by Gasteiger charge is -2.38. The zero-order chi connectivity index (χ0) is 24.8. The van der Waals surface area contributed by atoms with E-state index in [-0.39, 0.29) is 17.9 Å². The highest BCUT2D eigenvalue weighted by Crippen LogP contribution is 2.30. The van der Waals surface area contributed by atoms with Crippen molar-refractivity contribution in [2.45, 2.75) is 38.7 Å². The molecule has 0 radical (unpaired) electrons. The number of ether oxygens (including phenoxy) is 2. The Morgan fingerprint density at radius 1 is 1.23 bits per heavy atom. The van der Waals surface area contributed by atoms with Gasteiger partial charge in [0.05, 0.1) is 35.6 Å². The largest absolute Gasteiger partial charge is 0.493 e. The first-order valence-corrected chi connectivity index (χ1v) is 13.1. The molecular weight excluding hydrogens is 468 g/mol. The highest BCUT2D eigenvalue weighted by Gasteiger charge is 2.27. The van der Waals surface area contributed by atoms with Gasteiger partial charge in [0.15, 0.2) is 0 Å². The average molecular weight is 505 g/mol. The molecule has 192 valence electrons. The minimum Gasteiger partial charge on any atom is -0.493 e. The number of nitrogens with one attached hydrogen (secondary N) is 1. The van der Waals surface area contributed by atoms with E-state index in [1.165, 1.54) is 12.8 Å². The van der Waals surface area contributed by atoms with Crippen LogP contribution in [-0.2, 0) is 9.53 Å². The molecule has 35 heavy (non-hydrogen) atoms. The Labute approximate surface area is 212 Å². The molecule has 2 amide bonds. The zero-order valence-corrected chi connectivity index (χ0v) is 21.3. The van der Waals surface area contributed by atoms with Crippen LogP contribution in [0, 0.1) is 11.8 Å². The highest BCUT2D eigenvalue weighted by atomic mass is 35.5. The molecule has 1 aromatic rings. The number of piperidine rings is 1. The molecule has 3 aliphatic rings. The molecular formula is C26H37ClN4O4. The summed E-state index contributed by atoms with van der Waals surface area (Å²) in [5.74, 6) is 1.53. The number of nitrogens with two attached hydrogens (primary N) is 1. The van der Waals surface area contributed by atoms with Gasteiger partial charge < -0.3 is 25.4 Å². The Morgan fingerprint density at radius 2 is 2.00 bits per heavy atom. The van der Waals surface area contributed by atoms with Crippen LogP contribution in [0.5, 0.6) is 5.75 Å². The van der Waals surface area contributed by atoms with E-state index in [1.54, 1.807) is 18.2 Å². The van der Waals surface area contributed by atoms with Crippen LogP contribution in [0.15, 0.2) is 24.3 Å². The van der Waals surface area contributed by atoms with E-state index >= 15 is 0 Å². The fourth-order valence-corrected chi connectivity index (χ4v) is 4.87. The SMILES string of the molecule is CCOc1cc(N)c(Cl)cc1C(=O)NCC1CN(CC2CCN(C(=O)/C=C/C3CC3)CC2)CCO1. The normalized spacial score (nSPS) is 21.9. The van der Waals surface area contributed by atoms with Crippen LogP contribution in [0.1, 0.15) is 43.0 Å². The number of rotatable bonds is 9. The Bertz CT molecular complexity index is 928. The van der Waals surface area contributed by atoms with Gasteiger partial charge >= 0.3 is 0 Å². The van der Waals surface area contributed by atoms with Gasteiger partial charge in [0, 0.05) is 45.3 Å². The predicted octanol–water partition coefficient (Wildman–Crippen LogP) is 2.96. The summed E-state index contributed by atoms with van der Waals surface area (Å²) in [6, 6.07) is 3.13. The van der Waals surface area contributed by atoms with Gasteiger partial charge in [-0.2, -0.15) is 0 Å². The zero-order valence-electron chi connectivity index (χ0n) is 20.5. The fraction of sp³-hybridized carbons (Fsp3) is 0.615. The standard InChI is InChI=1S/C26H37ClN4O4/c1-2-34-24-14-23(28)22(27)13-21(24)26(33)29-15-20-17-30(11-12-35-20)16-19-7-9-31(10-8-19)25(32)6-5-18-3-4-18/h5-6,13-14,18-20H,2-4,7-12,15-17,28H2,1H3,(H,29,33)/b6-5+. The monoisotopic (exact) mass is 504 g/mol. The van der Waals surface area contributed by atoms with E-state index in [2.05, 4.69) is 16.3 Å². The quantitative estimate of drug-likeness (QED) is 0.396. The van der Waals surface area contributed by atoms with Crippen molar-refractivity contribution in [3.63, 3.8) is 0 Å². The van der Waals surface area contributed by atoms with Crippen LogP contribution >= 0.6 is 11.6 Å². The number of halogens is 1. The molecule has 0 bridgehead atoms. The maximum atomic E-state index is 12.8. The first-order chi connectivity index (χ1) is 16.9. The maximum absolute atomic E-state index is 12.8. The van der Waals surface area contributed by atoms with Crippen LogP contribution < -0.4 is 15.8 Å². The summed E-state index contributed by atoms with van der Waals surface area (Å²) in [5.41, 5.74) is 6.61. The van der Waals surface area contributed by atoms with Crippen LogP contribution in [0.25, 0.3) is 0 Å². The summed E-state index contributed by atoms with van der Waals surface area (Å²) in [7, 11) is 0. The molecule has 0 spiro atoms. The molecule has 1 unspecified atom stereocenters. The van der Waals surface area contributed by atoms with Crippen molar-refractivity contribution in [1.29, 1.82) is 0 Å². The molecule has 8 nitrogen and oxygen atoms in total. The highest BCUT2D eigenvalue weighted by molar-refractivity contribution is 6.33. The summed E-state index contributed by atoms with van der Waals surface area (Å²) in [5, 5.41) is 3.28. The molecule has 1 aliphatic carbocycles. The molecule has 9 heteroatoms. The lowest BCUT2D eigenvalue weighted by molar-refractivity contribution is -0.127. The number of hydrogen-bond acceptors (Lipinski definition) is 6. The molecule has 2 heterocycles. The van der Waals surface area contributed by atoms with Crippen LogP contribution in [0.3, 0.4) is 0 Å². The molecule has 1 atom stereocenters. The first-order valence-electron chi connectivity index (χ1n) is 12.7. The van der Waals surface area contributed by atoms with E-state index in [0.717, 1.165) is 45.6 Å². The van der Waals surface area contributed by atoms with Gasteiger partial charge in [0.1, 0.15) is 5.75 Å². The number of likely N-dealkylation sites (tertiary alicyclic amines) is 1. The summed E-state index contributed by atoms with van der Waals surface area (Å²) in [6.07, 6.45) is 8.26. The third-order valence-corrected chi connectivity index (χ3v) is 7.26. The molecule has 2 aliphatic heterocycles. The smallest absolute Gasteiger partial charge is 0.255 e. The molecule has 1 aromatic carbocycles. The molecule has 3 N–H and O–H groups in total. The Balaban J connectivity index is 1.21. The van der Waals surface area contributed by atoms with Crippen LogP contribution in [-0.4, -0.2) is 80.2 Å². The Kier molecular flexibility index (Phi) is 8.92. The van der Waals surface area contributed by atoms with Gasteiger partial charge in [0.25, 0.3) is 5.91 Å². The van der Waals surface area contributed by atoms with Crippen LogP contribution in [0.2, 0.25) is 5.02 Å². The van der Waals surface area contributed by atoms with E-state index in [9.17, 15) is 9.59 Å². The number of nitrogen functional groups attached to an aromatic ring is 1. The maximum Gasteiger partial charge on any atom is 0.255 e. The second-order valence-corrected chi connectivity index (χ2v) is 10.1. The van der Waals surface area contributed by atoms with E-state index in [1.807, 2.05) is 11.8 Å². The molecule has 4 rings (SSSR count). The van der Waals surface area contributed by atoms with Gasteiger partial charge in [0.2, 0.25) is 5.91 Å². The predicted molar refractivity (Wildman–Crippen MR) is 137 cm³/mol. The summed E-state index contributed by atoms with van der Waals surface area (Å²) < 4.78 is 11.5. The molecule has 0 aromatic heterocycles. The van der Waals surface area contributed by atoms with Crippen molar-refractivity contribution in [2.75, 3.05) is 58.2 Å². The number of allylic oxidation sites excluding steroid dienone is 1. The van der Waals surface area contributed by atoms with E-state index in [4.69, 9.17) is 26.8 Å². The average Bonchev–Trinajstić information content (AvgIpc) is 3.69. The minimum absolute atomic E-state index is 0.0817. The van der Waals surface area contributed by atoms with Gasteiger partial charge in [-0.05, 0) is 56.6 Å². The number of carbonyl (C=O) groups is 2. The van der Waals surface area contributed by atoms with Gasteiger partial charge in [-0.3, -0.25) is 14.5 Å². The summed E-state index contributed by atoms with van der Waals surface area (Å²) in [6.45, 7) is 7.63.